The Balaban J connectivity index is 1.99. The van der Waals surface area contributed by atoms with E-state index in [0.717, 1.165) is 9.13 Å². The van der Waals surface area contributed by atoms with Gasteiger partial charge in [-0.25, -0.2) is 0 Å². The Labute approximate surface area is 240 Å². The molecule has 0 spiro atoms. The van der Waals surface area contributed by atoms with E-state index in [-0.39, 0.29) is 38.4 Å². The molecule has 3 unspecified atom stereocenters. The van der Waals surface area contributed by atoms with Crippen molar-refractivity contribution in [2.45, 2.75) is 44.1 Å². The zero-order valence-corrected chi connectivity index (χ0v) is 23.7. The number of carbonyl (C=O) groups excluding carboxylic acids is 2. The molecule has 10 heteroatoms. The summed E-state index contributed by atoms with van der Waals surface area (Å²) in [6.07, 6.45) is 1.97. The molecular weight excluding hydrogens is 630 g/mol. The van der Waals surface area contributed by atoms with E-state index in [2.05, 4.69) is 34.5 Å². The first-order chi connectivity index (χ1) is 17.7. The van der Waals surface area contributed by atoms with Crippen LogP contribution in [0.5, 0.6) is 5.75 Å². The van der Waals surface area contributed by atoms with Crippen molar-refractivity contribution in [1.29, 1.82) is 0 Å². The highest BCUT2D eigenvalue weighted by molar-refractivity contribution is 14.1. The number of benzene rings is 2. The van der Waals surface area contributed by atoms with Crippen molar-refractivity contribution >= 4 is 57.6 Å². The van der Waals surface area contributed by atoms with E-state index in [1.54, 1.807) is 41.3 Å². The number of aliphatic hydroxyl groups excluding tert-OH is 2. The fourth-order valence-corrected chi connectivity index (χ4v) is 4.90. The fourth-order valence-electron chi connectivity index (χ4n) is 4.06. The smallest absolute Gasteiger partial charge is 0.247 e. The minimum Gasteiger partial charge on any atom is -0.482 e. The Morgan fingerprint density at radius 3 is 2.65 bits per heavy atom. The predicted octanol–water partition coefficient (Wildman–Crippen LogP) is 4.51. The molecule has 0 bridgehead atoms. The Kier molecular flexibility index (Phi) is 11.3. The molecule has 0 saturated heterocycles. The van der Waals surface area contributed by atoms with Gasteiger partial charge in [0.05, 0.1) is 26.3 Å². The number of ether oxygens (including phenoxy) is 1. The first-order valence-corrected chi connectivity index (χ1v) is 13.6. The van der Waals surface area contributed by atoms with Crippen LogP contribution in [0.2, 0.25) is 10.0 Å². The van der Waals surface area contributed by atoms with Gasteiger partial charge in [-0.05, 0) is 64.9 Å². The number of halogens is 3. The number of allylic oxidation sites excluding steroid dienone is 1. The number of hydrogen-bond donors (Lipinski definition) is 3. The average molecular weight is 659 g/mol. The number of hydrogen-bond acceptors (Lipinski definition) is 5. The quantitative estimate of drug-likeness (QED) is 0.244. The lowest BCUT2D eigenvalue weighted by Crippen LogP contribution is -2.54. The molecule has 0 saturated carbocycles. The van der Waals surface area contributed by atoms with Gasteiger partial charge in [0, 0.05) is 31.5 Å². The molecule has 7 nitrogen and oxygen atoms in total. The maximum Gasteiger partial charge on any atom is 0.247 e. The van der Waals surface area contributed by atoms with Gasteiger partial charge in [0.1, 0.15) is 18.0 Å². The third-order valence-corrected chi connectivity index (χ3v) is 7.56. The van der Waals surface area contributed by atoms with Crippen molar-refractivity contribution in [2.75, 3.05) is 13.2 Å². The van der Waals surface area contributed by atoms with Crippen LogP contribution in [0.1, 0.15) is 24.8 Å². The highest BCUT2D eigenvalue weighted by atomic mass is 127. The lowest BCUT2D eigenvalue weighted by Gasteiger charge is -2.40. The third-order valence-electron chi connectivity index (χ3n) is 5.93. The van der Waals surface area contributed by atoms with Gasteiger partial charge in [-0.1, -0.05) is 47.5 Å². The third kappa shape index (κ3) is 7.94. The summed E-state index contributed by atoms with van der Waals surface area (Å²) >= 11 is 14.4. The molecular formula is C27H29Cl2IN2O5. The van der Waals surface area contributed by atoms with E-state index >= 15 is 0 Å². The molecule has 1 aliphatic rings. The van der Waals surface area contributed by atoms with E-state index in [0.29, 0.717) is 27.8 Å². The van der Waals surface area contributed by atoms with Crippen LogP contribution in [0.15, 0.2) is 66.8 Å². The first kappa shape index (κ1) is 29.4. The van der Waals surface area contributed by atoms with Crippen LogP contribution < -0.4 is 10.1 Å². The van der Waals surface area contributed by atoms with Crippen LogP contribution in [0.4, 0.5) is 0 Å². The molecule has 198 valence electrons. The van der Waals surface area contributed by atoms with Crippen LogP contribution >= 0.6 is 45.8 Å². The zero-order chi connectivity index (χ0) is 26.9. The Morgan fingerprint density at radius 1 is 1.22 bits per heavy atom. The van der Waals surface area contributed by atoms with Gasteiger partial charge < -0.3 is 25.2 Å². The minimum absolute atomic E-state index is 0.0801. The molecule has 3 rings (SSSR count). The predicted molar refractivity (Wildman–Crippen MR) is 153 cm³/mol. The molecule has 3 atom stereocenters. The van der Waals surface area contributed by atoms with E-state index in [9.17, 15) is 14.7 Å². The maximum atomic E-state index is 13.4. The Bertz CT molecular complexity index is 1160. The lowest BCUT2D eigenvalue weighted by atomic mass is 9.87. The van der Waals surface area contributed by atoms with Gasteiger partial charge in [0.2, 0.25) is 11.8 Å². The highest BCUT2D eigenvalue weighted by Gasteiger charge is 2.40. The van der Waals surface area contributed by atoms with Crippen molar-refractivity contribution in [2.24, 2.45) is 0 Å². The second kappa shape index (κ2) is 14.2. The van der Waals surface area contributed by atoms with Crippen LogP contribution in [0.3, 0.4) is 0 Å². The summed E-state index contributed by atoms with van der Waals surface area (Å²) < 4.78 is 6.99. The van der Waals surface area contributed by atoms with E-state index in [4.69, 9.17) is 33.0 Å². The number of rotatable bonds is 11. The number of nitrogens with zero attached hydrogens (tertiary/aromatic N) is 1. The summed E-state index contributed by atoms with van der Waals surface area (Å²) in [6, 6.07) is 11.7. The van der Waals surface area contributed by atoms with Crippen molar-refractivity contribution in [3.05, 3.63) is 85.9 Å². The van der Waals surface area contributed by atoms with Gasteiger partial charge in [-0.3, -0.25) is 9.59 Å². The summed E-state index contributed by atoms with van der Waals surface area (Å²) in [5.74, 6) is -0.0522. The summed E-state index contributed by atoms with van der Waals surface area (Å²) in [5.41, 5.74) is 1.08. The number of carbonyl (C=O) groups is 2. The average Bonchev–Trinajstić information content (AvgIpc) is 2.89. The number of para-hydroxylation sites is 1. The molecule has 0 aromatic heterocycles. The molecule has 0 heterocycles. The Hall–Kier alpha value is -2.11. The number of amides is 2. The standard InChI is InChI=1S/C27H29Cl2IN2O5/c1-2-3-8-25(34)32(16-17-9-10-19(28)20(29)13-17)22-14-18(27(36)31-11-12-33)15-24(26(22)35)37-23-7-5-4-6-21(23)30/h2,4-7,9-10,13,15,22,24,26,33,35H,1,3,8,11-12,14,16H2,(H,31,36). The molecule has 0 aliphatic heterocycles. The van der Waals surface area contributed by atoms with Crippen LogP contribution in [0, 0.1) is 3.57 Å². The van der Waals surface area contributed by atoms with E-state index in [1.807, 2.05) is 18.2 Å². The summed E-state index contributed by atoms with van der Waals surface area (Å²) in [7, 11) is 0. The molecule has 37 heavy (non-hydrogen) atoms. The maximum absolute atomic E-state index is 13.4. The van der Waals surface area contributed by atoms with Crippen LogP contribution in [-0.2, 0) is 16.1 Å². The monoisotopic (exact) mass is 658 g/mol. The summed E-state index contributed by atoms with van der Waals surface area (Å²) in [6.45, 7) is 3.72. The molecule has 2 aromatic rings. The molecule has 1 aliphatic carbocycles. The van der Waals surface area contributed by atoms with Crippen molar-refractivity contribution in [1.82, 2.24) is 10.2 Å². The van der Waals surface area contributed by atoms with Crippen molar-refractivity contribution < 1.29 is 24.5 Å². The summed E-state index contributed by atoms with van der Waals surface area (Å²) in [5, 5.41) is 24.0. The van der Waals surface area contributed by atoms with Crippen molar-refractivity contribution in [3.63, 3.8) is 0 Å². The molecule has 0 radical (unpaired) electrons. The van der Waals surface area contributed by atoms with Gasteiger partial charge in [-0.2, -0.15) is 0 Å². The zero-order valence-electron chi connectivity index (χ0n) is 20.1. The largest absolute Gasteiger partial charge is 0.482 e. The van der Waals surface area contributed by atoms with E-state index in [1.165, 1.54) is 0 Å². The van der Waals surface area contributed by atoms with Crippen LogP contribution in [-0.4, -0.2) is 58.3 Å². The second-order valence-corrected chi connectivity index (χ2v) is 10.5. The fraction of sp³-hybridized carbons (Fsp3) is 0.333. The molecule has 3 N–H and O–H groups in total. The van der Waals surface area contributed by atoms with Crippen LogP contribution in [0.25, 0.3) is 0 Å². The van der Waals surface area contributed by atoms with Crippen molar-refractivity contribution in [3.8, 4) is 5.75 Å². The molecule has 0 fully saturated rings. The van der Waals surface area contributed by atoms with Gasteiger partial charge in [-0.15, -0.1) is 6.58 Å². The van der Waals surface area contributed by atoms with Gasteiger partial charge >= 0.3 is 0 Å². The normalized spacial score (nSPS) is 19.1. The molecule has 2 aromatic carbocycles. The van der Waals surface area contributed by atoms with E-state index < -0.39 is 24.2 Å². The number of nitrogens with one attached hydrogen (secondary N) is 1. The number of aliphatic hydroxyl groups is 2. The highest BCUT2D eigenvalue weighted by Crippen LogP contribution is 2.31. The topological polar surface area (TPSA) is 99.1 Å². The van der Waals surface area contributed by atoms with Gasteiger partial charge in [0.15, 0.2) is 0 Å². The second-order valence-electron chi connectivity index (χ2n) is 8.54. The SMILES string of the molecule is C=CCCC(=O)N(Cc1ccc(Cl)c(Cl)c1)C1CC(C(=O)NCCO)=CC(Oc2ccccc2I)C1O. The summed E-state index contributed by atoms with van der Waals surface area (Å²) in [4.78, 5) is 27.8. The first-order valence-electron chi connectivity index (χ1n) is 11.8. The molecule has 2 amide bonds. The Morgan fingerprint density at radius 2 is 1.97 bits per heavy atom. The lowest BCUT2D eigenvalue weighted by molar-refractivity contribution is -0.139. The minimum atomic E-state index is -1.12. The van der Waals surface area contributed by atoms with Gasteiger partial charge in [0.25, 0.3) is 0 Å².